The van der Waals surface area contributed by atoms with Gasteiger partial charge in [0.15, 0.2) is 0 Å². The molecule has 0 saturated heterocycles. The Morgan fingerprint density at radius 3 is 2.54 bits per heavy atom. The van der Waals surface area contributed by atoms with E-state index in [2.05, 4.69) is 0 Å². The Hall–Kier alpha value is -2.59. The van der Waals surface area contributed by atoms with Gasteiger partial charge in [0, 0.05) is 5.56 Å². The summed E-state index contributed by atoms with van der Waals surface area (Å²) < 4.78 is 24.1. The summed E-state index contributed by atoms with van der Waals surface area (Å²) in [6.45, 7) is 0.170. The van der Waals surface area contributed by atoms with E-state index in [9.17, 15) is 14.2 Å². The highest BCUT2D eigenvalue weighted by Gasteiger charge is 2.39. The Kier molecular flexibility index (Phi) is 4.40. The number of carbonyl (C=O) groups excluding carboxylic acids is 1. The fraction of sp³-hybridized carbons (Fsp3) is 0.176. The van der Waals surface area contributed by atoms with Crippen molar-refractivity contribution in [3.63, 3.8) is 0 Å². The van der Waals surface area contributed by atoms with Gasteiger partial charge in [-0.15, -0.1) is 0 Å². The van der Waals surface area contributed by atoms with Gasteiger partial charge in [0.25, 0.3) is 13.8 Å². The van der Waals surface area contributed by atoms with Crippen molar-refractivity contribution in [1.82, 2.24) is 0 Å². The van der Waals surface area contributed by atoms with Crippen molar-refractivity contribution >= 4 is 25.1 Å². The van der Waals surface area contributed by atoms with Crippen LogP contribution in [0.15, 0.2) is 48.5 Å². The zero-order valence-electron chi connectivity index (χ0n) is 12.6. The van der Waals surface area contributed by atoms with Crippen LogP contribution in [0.5, 0.6) is 5.75 Å². The van der Waals surface area contributed by atoms with E-state index in [1.54, 1.807) is 24.3 Å². The van der Waals surface area contributed by atoms with E-state index in [1.807, 2.05) is 24.3 Å². The quantitative estimate of drug-likeness (QED) is 0.639. The van der Waals surface area contributed by atoms with Crippen molar-refractivity contribution in [2.75, 3.05) is 6.16 Å². The lowest BCUT2D eigenvalue weighted by atomic mass is 10.0. The zero-order valence-corrected chi connectivity index (χ0v) is 13.5. The average Bonchev–Trinajstić information content (AvgIpc) is 2.55. The highest BCUT2D eigenvalue weighted by Crippen LogP contribution is 2.55. The first kappa shape index (κ1) is 16.3. The van der Waals surface area contributed by atoms with Gasteiger partial charge >= 0.3 is 5.97 Å². The summed E-state index contributed by atoms with van der Waals surface area (Å²) >= 11 is 0. The van der Waals surface area contributed by atoms with Crippen molar-refractivity contribution in [3.8, 4) is 16.9 Å². The van der Waals surface area contributed by atoms with Crippen LogP contribution in [0.25, 0.3) is 11.1 Å². The second kappa shape index (κ2) is 6.49. The van der Waals surface area contributed by atoms with E-state index in [-0.39, 0.29) is 12.6 Å². The highest BCUT2D eigenvalue weighted by molar-refractivity contribution is 7.67. The lowest BCUT2D eigenvalue weighted by molar-refractivity contribution is -0.142. The Bertz CT molecular complexity index is 831. The van der Waals surface area contributed by atoms with Crippen molar-refractivity contribution in [1.29, 1.82) is 0 Å². The molecule has 0 spiro atoms. The van der Waals surface area contributed by atoms with Crippen LogP contribution >= 0.6 is 7.37 Å². The molecule has 0 aromatic heterocycles. The summed E-state index contributed by atoms with van der Waals surface area (Å²) in [6.07, 6.45) is -1.65. The number of benzene rings is 2. The molecule has 2 aromatic carbocycles. The summed E-state index contributed by atoms with van der Waals surface area (Å²) in [6, 6.07) is 14.3. The maximum Gasteiger partial charge on any atom is 0.307 e. The number of hydrogen-bond donors (Lipinski definition) is 1. The lowest BCUT2D eigenvalue weighted by Gasteiger charge is -2.30. The number of aliphatic carboxylic acids is 1. The molecule has 2 aromatic rings. The van der Waals surface area contributed by atoms with E-state index in [0.29, 0.717) is 11.1 Å². The molecule has 1 heterocycles. The fourth-order valence-electron chi connectivity index (χ4n) is 2.81. The van der Waals surface area contributed by atoms with Crippen LogP contribution < -0.4 is 9.83 Å². The number of carboxylic acid groups (broad SMARTS) is 1. The fourth-order valence-corrected chi connectivity index (χ4v) is 5.28. The number of ether oxygens (including phenoxy) is 1. The molecule has 124 valence electrons. The molecule has 2 atom stereocenters. The van der Waals surface area contributed by atoms with Gasteiger partial charge in [-0.2, -0.15) is 0 Å². The molecule has 2 unspecified atom stereocenters. The molecule has 0 fully saturated rings. The molecule has 1 aliphatic rings. The van der Waals surface area contributed by atoms with Crippen LogP contribution in [0.3, 0.4) is 0 Å². The minimum Gasteiger partial charge on any atom is -0.481 e. The SMILES string of the molecule is O=COC(CC(=O)O)CP1(=O)Oc2ccccc2-c2ccccc21. The molecular weight excluding hydrogens is 331 g/mol. The van der Waals surface area contributed by atoms with Crippen molar-refractivity contribution < 1.29 is 28.5 Å². The molecule has 0 radical (unpaired) electrons. The van der Waals surface area contributed by atoms with Gasteiger partial charge in [-0.25, -0.2) is 0 Å². The summed E-state index contributed by atoms with van der Waals surface area (Å²) in [5, 5.41) is 9.46. The maximum absolute atomic E-state index is 13.5. The van der Waals surface area contributed by atoms with E-state index in [1.165, 1.54) is 0 Å². The van der Waals surface area contributed by atoms with E-state index < -0.39 is 25.9 Å². The summed E-state index contributed by atoms with van der Waals surface area (Å²) in [4.78, 5) is 21.6. The Morgan fingerprint density at radius 2 is 1.83 bits per heavy atom. The van der Waals surface area contributed by atoms with Crippen LogP contribution in [-0.4, -0.2) is 29.8 Å². The normalized spacial score (nSPS) is 19.3. The molecule has 0 amide bonds. The van der Waals surface area contributed by atoms with Crippen LogP contribution in [0.1, 0.15) is 6.42 Å². The van der Waals surface area contributed by atoms with Crippen molar-refractivity contribution in [2.24, 2.45) is 0 Å². The molecular formula is C17H15O6P. The first-order chi connectivity index (χ1) is 11.5. The number of rotatable bonds is 6. The first-order valence-electron chi connectivity index (χ1n) is 7.32. The third-order valence-corrected chi connectivity index (χ3v) is 6.29. The first-order valence-corrected chi connectivity index (χ1v) is 9.13. The second-order valence-corrected chi connectivity index (χ2v) is 7.79. The maximum atomic E-state index is 13.5. The predicted octanol–water partition coefficient (Wildman–Crippen LogP) is 2.67. The van der Waals surface area contributed by atoms with Crippen LogP contribution in [-0.2, 0) is 18.9 Å². The predicted molar refractivity (Wildman–Crippen MR) is 87.8 cm³/mol. The topological polar surface area (TPSA) is 89.9 Å². The molecule has 24 heavy (non-hydrogen) atoms. The lowest BCUT2D eigenvalue weighted by Crippen LogP contribution is -2.28. The standard InChI is InChI=1S/C17H15O6P/c18-11-22-12(9-17(19)20)10-24(21)16-8-4-2-6-14(16)13-5-1-3-7-15(13)23-24/h1-8,11-12H,9-10H2,(H,19,20). The van der Waals surface area contributed by atoms with Crippen LogP contribution in [0.2, 0.25) is 0 Å². The van der Waals surface area contributed by atoms with Gasteiger partial charge in [0.2, 0.25) is 0 Å². The summed E-state index contributed by atoms with van der Waals surface area (Å²) in [5.74, 6) is -0.668. The Labute approximate surface area is 138 Å². The largest absolute Gasteiger partial charge is 0.481 e. The number of hydrogen-bond acceptors (Lipinski definition) is 5. The molecule has 1 aliphatic heterocycles. The zero-order chi connectivity index (χ0) is 17.2. The minimum atomic E-state index is -3.43. The van der Waals surface area contributed by atoms with E-state index in [4.69, 9.17) is 14.4 Å². The van der Waals surface area contributed by atoms with Crippen LogP contribution in [0, 0.1) is 0 Å². The molecule has 3 rings (SSSR count). The number of carbonyl (C=O) groups is 2. The Balaban J connectivity index is 2.03. The average molecular weight is 346 g/mol. The Morgan fingerprint density at radius 1 is 1.17 bits per heavy atom. The monoisotopic (exact) mass is 346 g/mol. The van der Waals surface area contributed by atoms with E-state index >= 15 is 0 Å². The number of para-hydroxylation sites is 1. The highest BCUT2D eigenvalue weighted by atomic mass is 31.2. The van der Waals surface area contributed by atoms with E-state index in [0.717, 1.165) is 11.1 Å². The van der Waals surface area contributed by atoms with Gasteiger partial charge in [0.1, 0.15) is 11.9 Å². The van der Waals surface area contributed by atoms with Gasteiger partial charge < -0.3 is 14.4 Å². The van der Waals surface area contributed by atoms with Gasteiger partial charge in [-0.05, 0) is 17.7 Å². The summed E-state index contributed by atoms with van der Waals surface area (Å²) in [5.41, 5.74) is 1.61. The van der Waals surface area contributed by atoms with Crippen molar-refractivity contribution in [3.05, 3.63) is 48.5 Å². The third-order valence-electron chi connectivity index (χ3n) is 3.79. The number of carboxylic acids is 1. The van der Waals surface area contributed by atoms with Gasteiger partial charge in [0.05, 0.1) is 17.9 Å². The smallest absolute Gasteiger partial charge is 0.307 e. The molecule has 1 N–H and O–H groups in total. The minimum absolute atomic E-state index is 0.170. The molecule has 0 bridgehead atoms. The summed E-state index contributed by atoms with van der Waals surface area (Å²) in [7, 11) is -3.43. The second-order valence-electron chi connectivity index (χ2n) is 5.41. The van der Waals surface area contributed by atoms with Gasteiger partial charge in [-0.3, -0.25) is 14.2 Å². The molecule has 6 nitrogen and oxygen atoms in total. The number of fused-ring (bicyclic) bond motifs is 3. The van der Waals surface area contributed by atoms with Crippen LogP contribution in [0.4, 0.5) is 0 Å². The van der Waals surface area contributed by atoms with Gasteiger partial charge in [-0.1, -0.05) is 36.4 Å². The molecule has 0 saturated carbocycles. The molecule has 7 heteroatoms. The van der Waals surface area contributed by atoms with Crippen molar-refractivity contribution in [2.45, 2.75) is 12.5 Å². The molecule has 0 aliphatic carbocycles. The third kappa shape index (κ3) is 3.05.